The lowest BCUT2D eigenvalue weighted by Crippen LogP contribution is -2.23. The Kier molecular flexibility index (Phi) is 3.10. The van der Waals surface area contributed by atoms with E-state index in [1.165, 1.54) is 5.57 Å². The molecule has 0 saturated heterocycles. The Morgan fingerprint density at radius 3 is 2.71 bits per heavy atom. The summed E-state index contributed by atoms with van der Waals surface area (Å²) in [5.41, 5.74) is 2.26. The Morgan fingerprint density at radius 1 is 1.57 bits per heavy atom. The molecule has 0 radical (unpaired) electrons. The zero-order valence-electron chi connectivity index (χ0n) is 9.26. The van der Waals surface area contributed by atoms with E-state index < -0.39 is 0 Å². The number of hydrogen-bond donors (Lipinski definition) is 0. The number of hydrogen-bond acceptors (Lipinski definition) is 1. The van der Waals surface area contributed by atoms with Crippen molar-refractivity contribution in [1.29, 1.82) is 0 Å². The lowest BCUT2D eigenvalue weighted by Gasteiger charge is -2.30. The van der Waals surface area contributed by atoms with Gasteiger partial charge in [-0.1, -0.05) is 37.6 Å². The van der Waals surface area contributed by atoms with Crippen molar-refractivity contribution in [3.63, 3.8) is 0 Å². The minimum absolute atomic E-state index is 0.0150. The first-order valence-electron chi connectivity index (χ1n) is 4.99. The molecule has 1 aliphatic rings. The quantitative estimate of drug-likeness (QED) is 0.623. The molecular formula is C13H18O. The summed E-state index contributed by atoms with van der Waals surface area (Å²) in [6.07, 6.45) is 7.10. The smallest absolute Gasteiger partial charge is 0.163 e. The van der Waals surface area contributed by atoms with Gasteiger partial charge in [0.05, 0.1) is 0 Å². The van der Waals surface area contributed by atoms with E-state index in [9.17, 15) is 4.79 Å². The van der Waals surface area contributed by atoms with Gasteiger partial charge in [-0.25, -0.2) is 0 Å². The van der Waals surface area contributed by atoms with Crippen LogP contribution in [0.1, 0.15) is 33.6 Å². The fraction of sp³-hybridized carbons (Fsp3) is 0.462. The standard InChI is InChI=1S/C13H18O/c1-5-6-12(14)11-8-7-10(2)9-13(11,3)4/h5,7-8H,1,6,9H2,2-4H3. The summed E-state index contributed by atoms with van der Waals surface area (Å²) in [5, 5.41) is 0. The molecule has 0 fully saturated rings. The Morgan fingerprint density at radius 2 is 2.21 bits per heavy atom. The number of carbonyl (C=O) groups is 1. The van der Waals surface area contributed by atoms with Crippen molar-refractivity contribution >= 4 is 5.78 Å². The van der Waals surface area contributed by atoms with Gasteiger partial charge in [0.2, 0.25) is 0 Å². The van der Waals surface area contributed by atoms with E-state index in [1.54, 1.807) is 6.08 Å². The SMILES string of the molecule is C=CCC(=O)C1=CC=C(C)CC1(C)C. The molecule has 0 heterocycles. The summed E-state index contributed by atoms with van der Waals surface area (Å²) in [5.74, 6) is 0.203. The molecule has 0 N–H and O–H groups in total. The summed E-state index contributed by atoms with van der Waals surface area (Å²) in [6, 6.07) is 0. The van der Waals surface area contributed by atoms with Crippen LogP contribution in [-0.4, -0.2) is 5.78 Å². The van der Waals surface area contributed by atoms with E-state index in [4.69, 9.17) is 0 Å². The van der Waals surface area contributed by atoms with Crippen LogP contribution in [0, 0.1) is 5.41 Å². The van der Waals surface area contributed by atoms with Crippen LogP contribution in [-0.2, 0) is 4.79 Å². The predicted octanol–water partition coefficient (Wildman–Crippen LogP) is 3.43. The number of rotatable bonds is 3. The monoisotopic (exact) mass is 190 g/mol. The van der Waals surface area contributed by atoms with Gasteiger partial charge in [-0.3, -0.25) is 4.79 Å². The summed E-state index contributed by atoms with van der Waals surface area (Å²) in [6.45, 7) is 9.94. The molecule has 0 aromatic carbocycles. The second kappa shape index (κ2) is 3.95. The maximum absolute atomic E-state index is 11.8. The average Bonchev–Trinajstić information content (AvgIpc) is 2.01. The van der Waals surface area contributed by atoms with Gasteiger partial charge < -0.3 is 0 Å². The van der Waals surface area contributed by atoms with Gasteiger partial charge in [0.1, 0.15) is 0 Å². The summed E-state index contributed by atoms with van der Waals surface area (Å²) >= 11 is 0. The number of Topliss-reactive ketones (excluding diaryl/α,β-unsaturated/α-hetero) is 1. The molecular weight excluding hydrogens is 172 g/mol. The summed E-state index contributed by atoms with van der Waals surface area (Å²) < 4.78 is 0. The molecule has 1 aliphatic carbocycles. The number of ketones is 1. The largest absolute Gasteiger partial charge is 0.294 e. The van der Waals surface area contributed by atoms with E-state index in [1.807, 2.05) is 12.2 Å². The van der Waals surface area contributed by atoms with Crippen molar-refractivity contribution in [1.82, 2.24) is 0 Å². The van der Waals surface area contributed by atoms with Gasteiger partial charge in [0, 0.05) is 12.0 Å². The van der Waals surface area contributed by atoms with Gasteiger partial charge in [-0.15, -0.1) is 6.58 Å². The second-order valence-corrected chi connectivity index (χ2v) is 4.57. The molecule has 0 spiro atoms. The van der Waals surface area contributed by atoms with Gasteiger partial charge in [-0.2, -0.15) is 0 Å². The molecule has 0 saturated carbocycles. The first-order valence-corrected chi connectivity index (χ1v) is 4.99. The van der Waals surface area contributed by atoms with Crippen LogP contribution in [0.4, 0.5) is 0 Å². The molecule has 0 bridgehead atoms. The summed E-state index contributed by atoms with van der Waals surface area (Å²) in [7, 11) is 0. The molecule has 0 aromatic rings. The van der Waals surface area contributed by atoms with E-state index in [0.717, 1.165) is 12.0 Å². The molecule has 0 aliphatic heterocycles. The topological polar surface area (TPSA) is 17.1 Å². The van der Waals surface area contributed by atoms with Gasteiger partial charge in [-0.05, 0) is 18.8 Å². The van der Waals surface area contributed by atoms with Gasteiger partial charge in [0.15, 0.2) is 5.78 Å². The zero-order chi connectivity index (χ0) is 10.8. The van der Waals surface area contributed by atoms with Crippen molar-refractivity contribution < 1.29 is 4.79 Å². The predicted molar refractivity (Wildman–Crippen MR) is 60.1 cm³/mol. The Hall–Kier alpha value is -1.11. The fourth-order valence-electron chi connectivity index (χ4n) is 2.01. The van der Waals surface area contributed by atoms with Crippen LogP contribution in [0.15, 0.2) is 36.0 Å². The first-order chi connectivity index (χ1) is 6.47. The molecule has 1 nitrogen and oxygen atoms in total. The summed E-state index contributed by atoms with van der Waals surface area (Å²) in [4.78, 5) is 11.8. The Balaban J connectivity index is 2.95. The maximum Gasteiger partial charge on any atom is 0.163 e. The number of carbonyl (C=O) groups excluding carboxylic acids is 1. The molecule has 0 amide bonds. The highest BCUT2D eigenvalue weighted by atomic mass is 16.1. The molecule has 1 rings (SSSR count). The highest BCUT2D eigenvalue weighted by Crippen LogP contribution is 2.37. The van der Waals surface area contributed by atoms with Crippen molar-refractivity contribution in [2.45, 2.75) is 33.6 Å². The van der Waals surface area contributed by atoms with Crippen molar-refractivity contribution in [2.24, 2.45) is 5.41 Å². The number of allylic oxidation sites excluding steroid dienone is 5. The third-order valence-corrected chi connectivity index (χ3v) is 2.61. The maximum atomic E-state index is 11.8. The van der Waals surface area contributed by atoms with Crippen LogP contribution in [0.5, 0.6) is 0 Å². The average molecular weight is 190 g/mol. The van der Waals surface area contributed by atoms with Crippen molar-refractivity contribution in [3.05, 3.63) is 36.0 Å². The third-order valence-electron chi connectivity index (χ3n) is 2.61. The van der Waals surface area contributed by atoms with E-state index in [2.05, 4.69) is 27.4 Å². The highest BCUT2D eigenvalue weighted by Gasteiger charge is 2.29. The molecule has 1 heteroatoms. The lowest BCUT2D eigenvalue weighted by molar-refractivity contribution is -0.115. The van der Waals surface area contributed by atoms with Crippen molar-refractivity contribution in [2.75, 3.05) is 0 Å². The molecule has 0 unspecified atom stereocenters. The minimum Gasteiger partial charge on any atom is -0.294 e. The van der Waals surface area contributed by atoms with E-state index in [0.29, 0.717) is 6.42 Å². The van der Waals surface area contributed by atoms with Gasteiger partial charge >= 0.3 is 0 Å². The molecule has 0 atom stereocenters. The van der Waals surface area contributed by atoms with Crippen LogP contribution >= 0.6 is 0 Å². The van der Waals surface area contributed by atoms with Crippen LogP contribution in [0.25, 0.3) is 0 Å². The molecule has 14 heavy (non-hydrogen) atoms. The van der Waals surface area contributed by atoms with E-state index in [-0.39, 0.29) is 11.2 Å². The Bertz CT molecular complexity index is 316. The second-order valence-electron chi connectivity index (χ2n) is 4.57. The van der Waals surface area contributed by atoms with Crippen molar-refractivity contribution in [3.8, 4) is 0 Å². The van der Waals surface area contributed by atoms with Gasteiger partial charge in [0.25, 0.3) is 0 Å². The van der Waals surface area contributed by atoms with E-state index >= 15 is 0 Å². The Labute approximate surface area is 86.2 Å². The molecule has 0 aromatic heterocycles. The van der Waals surface area contributed by atoms with Crippen LogP contribution < -0.4 is 0 Å². The van der Waals surface area contributed by atoms with Crippen LogP contribution in [0.2, 0.25) is 0 Å². The highest BCUT2D eigenvalue weighted by molar-refractivity contribution is 5.98. The zero-order valence-corrected chi connectivity index (χ0v) is 9.26. The minimum atomic E-state index is -0.0150. The fourth-order valence-corrected chi connectivity index (χ4v) is 2.01. The first kappa shape index (κ1) is 11.0. The van der Waals surface area contributed by atoms with Crippen LogP contribution in [0.3, 0.4) is 0 Å². The normalized spacial score (nSPS) is 19.6. The lowest BCUT2D eigenvalue weighted by atomic mass is 9.73. The third kappa shape index (κ3) is 2.22. The molecule has 76 valence electrons.